The number of nitrogens with zero attached hydrogens (tertiary/aromatic N) is 1. The number of rotatable bonds is 2. The van der Waals surface area contributed by atoms with Crippen molar-refractivity contribution in [1.82, 2.24) is 0 Å². The molecule has 0 saturated carbocycles. The molecule has 1 aliphatic rings. The van der Waals surface area contributed by atoms with Crippen molar-refractivity contribution in [3.05, 3.63) is 65.2 Å². The summed E-state index contributed by atoms with van der Waals surface area (Å²) >= 11 is 0. The fourth-order valence-electron chi connectivity index (χ4n) is 2.58. The van der Waals surface area contributed by atoms with Gasteiger partial charge in [-0.15, -0.1) is 0 Å². The first-order valence-electron chi connectivity index (χ1n) is 6.73. The normalized spacial score (nSPS) is 18.1. The summed E-state index contributed by atoms with van der Waals surface area (Å²) in [7, 11) is 2.03. The zero-order chi connectivity index (χ0) is 14.1. The summed E-state index contributed by atoms with van der Waals surface area (Å²) in [5.41, 5.74) is 2.85. The van der Waals surface area contributed by atoms with Gasteiger partial charge in [-0.2, -0.15) is 0 Å². The molecule has 0 aliphatic carbocycles. The SMILES string of the molecule is Bc1ccc(C2CCC(c3c(F)cccc3F)=N2)cc1. The van der Waals surface area contributed by atoms with Crippen LogP contribution in [-0.4, -0.2) is 13.6 Å². The van der Waals surface area contributed by atoms with E-state index in [1.165, 1.54) is 23.7 Å². The maximum absolute atomic E-state index is 13.8. The van der Waals surface area contributed by atoms with Crippen molar-refractivity contribution in [2.45, 2.75) is 18.9 Å². The average Bonchev–Trinajstić information content (AvgIpc) is 2.89. The Bertz CT molecular complexity index is 644. The molecular weight excluding hydrogens is 255 g/mol. The van der Waals surface area contributed by atoms with Gasteiger partial charge in [0, 0.05) is 5.71 Å². The predicted octanol–water partition coefficient (Wildman–Crippen LogP) is 2.55. The van der Waals surface area contributed by atoms with Crippen LogP contribution >= 0.6 is 0 Å². The van der Waals surface area contributed by atoms with Crippen molar-refractivity contribution in [2.75, 3.05) is 0 Å². The van der Waals surface area contributed by atoms with Crippen LogP contribution in [0.25, 0.3) is 0 Å². The molecule has 0 aromatic heterocycles. The van der Waals surface area contributed by atoms with Gasteiger partial charge in [0.1, 0.15) is 19.5 Å². The second kappa shape index (κ2) is 5.20. The minimum absolute atomic E-state index is 0.00426. The largest absolute Gasteiger partial charge is 0.281 e. The predicted molar refractivity (Wildman–Crippen MR) is 79.5 cm³/mol. The lowest BCUT2D eigenvalue weighted by atomic mass is 9.93. The molecule has 0 N–H and O–H groups in total. The quantitative estimate of drug-likeness (QED) is 0.743. The third-order valence-corrected chi connectivity index (χ3v) is 3.68. The Kier molecular flexibility index (Phi) is 3.39. The fourth-order valence-corrected chi connectivity index (χ4v) is 2.58. The standard InChI is InChI=1S/C16H14BF2N/c17-11-6-4-10(5-7-11)14-8-9-15(20-14)16-12(18)2-1-3-13(16)19/h1-7,14H,8-9,17H2. The minimum atomic E-state index is -0.534. The first kappa shape index (κ1) is 13.0. The second-order valence-electron chi connectivity index (χ2n) is 5.14. The Labute approximate surface area is 117 Å². The van der Waals surface area contributed by atoms with E-state index in [9.17, 15) is 8.78 Å². The summed E-state index contributed by atoms with van der Waals surface area (Å²) in [6.07, 6.45) is 1.41. The van der Waals surface area contributed by atoms with Gasteiger partial charge in [-0.3, -0.25) is 4.99 Å². The second-order valence-corrected chi connectivity index (χ2v) is 5.14. The van der Waals surface area contributed by atoms with Gasteiger partial charge in [0.05, 0.1) is 11.6 Å². The highest BCUT2D eigenvalue weighted by Gasteiger charge is 2.24. The number of hydrogen-bond donors (Lipinski definition) is 0. The molecule has 1 atom stereocenters. The molecule has 2 aromatic rings. The molecule has 4 heteroatoms. The zero-order valence-corrected chi connectivity index (χ0v) is 11.2. The molecular formula is C16H14BF2N. The van der Waals surface area contributed by atoms with E-state index >= 15 is 0 Å². The van der Waals surface area contributed by atoms with Crippen LogP contribution in [0.15, 0.2) is 47.5 Å². The fraction of sp³-hybridized carbons (Fsp3) is 0.188. The van der Waals surface area contributed by atoms with Crippen molar-refractivity contribution in [3.8, 4) is 0 Å². The lowest BCUT2D eigenvalue weighted by Gasteiger charge is -2.07. The molecule has 0 radical (unpaired) electrons. The monoisotopic (exact) mass is 269 g/mol. The summed E-state index contributed by atoms with van der Waals surface area (Å²) in [6, 6.07) is 12.1. The highest BCUT2D eigenvalue weighted by molar-refractivity contribution is 6.32. The third kappa shape index (κ3) is 2.38. The van der Waals surface area contributed by atoms with E-state index in [1.54, 1.807) is 0 Å². The molecule has 1 aliphatic heterocycles. The van der Waals surface area contributed by atoms with E-state index in [-0.39, 0.29) is 11.6 Å². The van der Waals surface area contributed by atoms with Crippen LogP contribution in [0.1, 0.15) is 30.0 Å². The van der Waals surface area contributed by atoms with Gasteiger partial charge in [0.2, 0.25) is 0 Å². The van der Waals surface area contributed by atoms with Crippen molar-refractivity contribution in [2.24, 2.45) is 4.99 Å². The van der Waals surface area contributed by atoms with Crippen LogP contribution in [0, 0.1) is 11.6 Å². The maximum atomic E-state index is 13.8. The van der Waals surface area contributed by atoms with Crippen molar-refractivity contribution in [1.29, 1.82) is 0 Å². The Morgan fingerprint density at radius 1 is 1.00 bits per heavy atom. The van der Waals surface area contributed by atoms with Gasteiger partial charge >= 0.3 is 0 Å². The van der Waals surface area contributed by atoms with Gasteiger partial charge in [0.25, 0.3) is 0 Å². The van der Waals surface area contributed by atoms with Crippen molar-refractivity contribution >= 4 is 19.0 Å². The Hall–Kier alpha value is -1.97. The van der Waals surface area contributed by atoms with Gasteiger partial charge in [-0.05, 0) is 30.5 Å². The molecule has 3 rings (SSSR count). The van der Waals surface area contributed by atoms with E-state index in [1.807, 2.05) is 32.1 Å². The summed E-state index contributed by atoms with van der Waals surface area (Å²) in [4.78, 5) is 4.52. The maximum Gasteiger partial charge on any atom is 0.139 e. The zero-order valence-electron chi connectivity index (χ0n) is 11.2. The molecule has 100 valence electrons. The number of benzene rings is 2. The summed E-state index contributed by atoms with van der Waals surface area (Å²) < 4.78 is 27.5. The van der Waals surface area contributed by atoms with Gasteiger partial charge in [-0.25, -0.2) is 8.78 Å². The molecule has 1 unspecified atom stereocenters. The van der Waals surface area contributed by atoms with Gasteiger partial charge < -0.3 is 0 Å². The van der Waals surface area contributed by atoms with Crippen LogP contribution in [0.5, 0.6) is 0 Å². The molecule has 1 nitrogen and oxygen atoms in total. The minimum Gasteiger partial charge on any atom is -0.281 e. The molecule has 0 saturated heterocycles. The smallest absolute Gasteiger partial charge is 0.139 e. The van der Waals surface area contributed by atoms with Gasteiger partial charge in [-0.1, -0.05) is 35.8 Å². The third-order valence-electron chi connectivity index (χ3n) is 3.68. The van der Waals surface area contributed by atoms with E-state index in [4.69, 9.17) is 0 Å². The lowest BCUT2D eigenvalue weighted by Crippen LogP contribution is -2.03. The molecule has 0 bridgehead atoms. The first-order valence-corrected chi connectivity index (χ1v) is 6.73. The average molecular weight is 269 g/mol. The lowest BCUT2D eigenvalue weighted by molar-refractivity contribution is 0.578. The van der Waals surface area contributed by atoms with Crippen LogP contribution in [0.3, 0.4) is 0 Å². The van der Waals surface area contributed by atoms with Crippen LogP contribution in [-0.2, 0) is 0 Å². The Morgan fingerprint density at radius 2 is 1.65 bits per heavy atom. The Balaban J connectivity index is 1.94. The van der Waals surface area contributed by atoms with E-state index in [2.05, 4.69) is 4.99 Å². The highest BCUT2D eigenvalue weighted by atomic mass is 19.1. The molecule has 0 spiro atoms. The number of aliphatic imine (C=N–C) groups is 1. The molecule has 0 amide bonds. The topological polar surface area (TPSA) is 12.4 Å². The van der Waals surface area contributed by atoms with E-state index < -0.39 is 11.6 Å². The van der Waals surface area contributed by atoms with Crippen LogP contribution in [0.2, 0.25) is 0 Å². The molecule has 0 fully saturated rings. The molecule has 1 heterocycles. The summed E-state index contributed by atoms with van der Waals surface area (Å²) in [5.74, 6) is -1.07. The van der Waals surface area contributed by atoms with E-state index in [0.717, 1.165) is 12.0 Å². The van der Waals surface area contributed by atoms with Gasteiger partial charge in [0.15, 0.2) is 0 Å². The summed E-state index contributed by atoms with van der Waals surface area (Å²) in [5, 5.41) is 0. The van der Waals surface area contributed by atoms with Crippen molar-refractivity contribution < 1.29 is 8.78 Å². The molecule has 2 aromatic carbocycles. The first-order chi connectivity index (χ1) is 9.65. The highest BCUT2D eigenvalue weighted by Crippen LogP contribution is 2.31. The number of halogens is 2. The molecule has 20 heavy (non-hydrogen) atoms. The Morgan fingerprint density at radius 3 is 2.30 bits per heavy atom. The van der Waals surface area contributed by atoms with Crippen LogP contribution in [0.4, 0.5) is 8.78 Å². The van der Waals surface area contributed by atoms with E-state index in [0.29, 0.717) is 12.1 Å². The van der Waals surface area contributed by atoms with Crippen LogP contribution < -0.4 is 5.46 Å². The number of hydrogen-bond acceptors (Lipinski definition) is 1. The summed E-state index contributed by atoms with van der Waals surface area (Å²) in [6.45, 7) is 0. The van der Waals surface area contributed by atoms with Crippen molar-refractivity contribution in [3.63, 3.8) is 0 Å².